The highest BCUT2D eigenvalue weighted by Crippen LogP contribution is 2.48. The molecule has 0 spiro atoms. The summed E-state index contributed by atoms with van der Waals surface area (Å²) in [6.45, 7) is -0.00270. The first kappa shape index (κ1) is 25.9. The highest BCUT2D eigenvalue weighted by Gasteiger charge is 2.46. The average molecular weight is 642 g/mol. The Morgan fingerprint density at radius 2 is 1.20 bits per heavy atom. The Morgan fingerprint density at radius 3 is 2.02 bits per heavy atom. The second kappa shape index (κ2) is 9.25. The zero-order chi connectivity index (χ0) is 31.8. The fourth-order valence-electron chi connectivity index (χ4n) is 8.77. The average Bonchev–Trinajstić information content (AvgIpc) is 3.82. The molecule has 0 amide bonds. The Balaban J connectivity index is 1.27. The summed E-state index contributed by atoms with van der Waals surface area (Å²) in [5.41, 5.74) is 13.3. The molecule has 226 valence electrons. The maximum absolute atomic E-state index is 4.96. The summed E-state index contributed by atoms with van der Waals surface area (Å²) in [7, 11) is 0. The van der Waals surface area contributed by atoms with Gasteiger partial charge in [0.05, 0.1) is 45.3 Å². The molecule has 5 aromatic heterocycles. The highest BCUT2D eigenvalue weighted by atomic mass is 32.1. The molecule has 49 heavy (non-hydrogen) atoms. The lowest BCUT2D eigenvalue weighted by Crippen LogP contribution is -2.61. The van der Waals surface area contributed by atoms with E-state index in [9.17, 15) is 0 Å². The lowest BCUT2D eigenvalue weighted by Gasteiger charge is -2.42. The van der Waals surface area contributed by atoms with Crippen LogP contribution in [0.25, 0.3) is 48.3 Å². The topological polar surface area (TPSA) is 36.7 Å². The molecule has 5 aromatic carbocycles. The van der Waals surface area contributed by atoms with Gasteiger partial charge in [0.25, 0.3) is 6.71 Å². The molecule has 0 fully saturated rings. The normalized spacial score (nSPS) is 13.6. The van der Waals surface area contributed by atoms with Crippen molar-refractivity contribution in [3.05, 3.63) is 146 Å². The summed E-state index contributed by atoms with van der Waals surface area (Å²) < 4.78 is 2.48. The monoisotopic (exact) mass is 641 g/mol. The zero-order valence-corrected chi connectivity index (χ0v) is 26.9. The van der Waals surface area contributed by atoms with Crippen molar-refractivity contribution in [1.29, 1.82) is 0 Å². The molecule has 0 saturated heterocycles. The lowest BCUT2D eigenvalue weighted by molar-refractivity contribution is 1.21. The number of pyridine rings is 2. The summed E-state index contributed by atoms with van der Waals surface area (Å²) >= 11 is 1.77. The van der Waals surface area contributed by atoms with Crippen LogP contribution in [0.4, 0.5) is 33.4 Å². The van der Waals surface area contributed by atoms with Crippen LogP contribution in [0.2, 0.25) is 0 Å². The largest absolute Gasteiger partial charge is 0.310 e. The van der Waals surface area contributed by atoms with Gasteiger partial charge in [-0.1, -0.05) is 96.3 Å². The molecule has 2 aliphatic rings. The highest BCUT2D eigenvalue weighted by molar-refractivity contribution is 7.26. The Hall–Kier alpha value is -6.18. The van der Waals surface area contributed by atoms with Crippen molar-refractivity contribution in [2.45, 2.75) is 0 Å². The van der Waals surface area contributed by atoms with Crippen LogP contribution in [-0.4, -0.2) is 21.1 Å². The van der Waals surface area contributed by atoms with E-state index >= 15 is 0 Å². The summed E-state index contributed by atoms with van der Waals surface area (Å²) in [6.07, 6.45) is 6.03. The van der Waals surface area contributed by atoms with Crippen molar-refractivity contribution in [2.24, 2.45) is 0 Å². The number of hydrogen-bond donors (Lipinski definition) is 0. The van der Waals surface area contributed by atoms with Crippen molar-refractivity contribution in [2.75, 3.05) is 9.80 Å². The third-order valence-electron chi connectivity index (χ3n) is 10.6. The molecule has 0 atom stereocenters. The molecule has 5 nitrogen and oxygen atoms in total. The van der Waals surface area contributed by atoms with Crippen LogP contribution >= 0.6 is 11.3 Å². The number of nitrogens with zero attached hydrogens (tertiary/aromatic N) is 5. The Kier molecular flexibility index (Phi) is 4.88. The van der Waals surface area contributed by atoms with E-state index in [0.29, 0.717) is 0 Å². The van der Waals surface area contributed by atoms with Crippen LogP contribution < -0.4 is 26.2 Å². The predicted molar refractivity (Wildman–Crippen MR) is 206 cm³/mol. The molecule has 7 heteroatoms. The van der Waals surface area contributed by atoms with E-state index in [-0.39, 0.29) is 6.71 Å². The first-order valence-corrected chi connectivity index (χ1v) is 17.4. The number of benzene rings is 5. The van der Waals surface area contributed by atoms with Gasteiger partial charge in [-0.3, -0.25) is 4.98 Å². The zero-order valence-electron chi connectivity index (χ0n) is 26.1. The van der Waals surface area contributed by atoms with Gasteiger partial charge in [0.1, 0.15) is 4.83 Å². The second-order valence-electron chi connectivity index (χ2n) is 13.0. The van der Waals surface area contributed by atoms with E-state index in [0.717, 1.165) is 27.6 Å². The van der Waals surface area contributed by atoms with Crippen molar-refractivity contribution >= 4 is 116 Å². The van der Waals surface area contributed by atoms with E-state index in [2.05, 4.69) is 154 Å². The van der Waals surface area contributed by atoms with Crippen molar-refractivity contribution in [3.8, 4) is 0 Å². The SMILES string of the molecule is c1ccc(N2c3cc4c(cc3B3c5c2cncc5N(c2ccccc2)c2sc5ncccc5c23)c2cccc3c5ccccc5n4c32)cc1. The Labute approximate surface area is 285 Å². The minimum absolute atomic E-state index is 0.00270. The van der Waals surface area contributed by atoms with E-state index in [1.54, 1.807) is 11.3 Å². The summed E-state index contributed by atoms with van der Waals surface area (Å²) in [5, 5.41) is 7.57. The van der Waals surface area contributed by atoms with Crippen LogP contribution in [0.1, 0.15) is 0 Å². The summed E-state index contributed by atoms with van der Waals surface area (Å²) in [5.74, 6) is 0. The van der Waals surface area contributed by atoms with Crippen LogP contribution in [0, 0.1) is 0 Å². The van der Waals surface area contributed by atoms with Gasteiger partial charge in [-0.2, -0.15) is 0 Å². The molecule has 2 aliphatic heterocycles. The molecule has 0 saturated carbocycles. The maximum atomic E-state index is 4.96. The smallest absolute Gasteiger partial charge is 0.254 e. The van der Waals surface area contributed by atoms with E-state index < -0.39 is 0 Å². The van der Waals surface area contributed by atoms with Crippen LogP contribution in [0.3, 0.4) is 0 Å². The molecule has 7 heterocycles. The van der Waals surface area contributed by atoms with Crippen molar-refractivity contribution < 1.29 is 0 Å². The summed E-state index contributed by atoms with van der Waals surface area (Å²) in [6, 6.07) is 46.3. The molecule has 12 rings (SSSR count). The number of para-hydroxylation sites is 4. The standard InChI is InChI=1S/C42H24BN5S/c1-3-11-25(12-4-1)46-35-22-34-31(29-17-9-16-28-27-15-7-8-19-33(27)48(34)40(28)29)21-32(35)43-38-30-18-10-20-45-41(30)49-42(38)47(26-13-5-2-6-14-26)37-24-44-23-36(46)39(37)43/h1-24H. The number of anilines is 6. The van der Waals surface area contributed by atoms with Crippen LogP contribution in [0.5, 0.6) is 0 Å². The predicted octanol–water partition coefficient (Wildman–Crippen LogP) is 8.92. The Morgan fingerprint density at radius 1 is 0.531 bits per heavy atom. The first-order chi connectivity index (χ1) is 24.3. The molecule has 10 aromatic rings. The fourth-order valence-corrected chi connectivity index (χ4v) is 9.99. The quantitative estimate of drug-likeness (QED) is 0.177. The number of hydrogen-bond acceptors (Lipinski definition) is 5. The van der Waals surface area contributed by atoms with Crippen LogP contribution in [-0.2, 0) is 0 Å². The van der Waals surface area contributed by atoms with E-state index in [1.165, 1.54) is 70.6 Å². The number of aromatic nitrogens is 3. The van der Waals surface area contributed by atoms with Gasteiger partial charge in [-0.15, -0.1) is 0 Å². The summed E-state index contributed by atoms with van der Waals surface area (Å²) in [4.78, 5) is 15.8. The van der Waals surface area contributed by atoms with Gasteiger partial charge in [-0.25, -0.2) is 4.98 Å². The molecule has 0 N–H and O–H groups in total. The first-order valence-electron chi connectivity index (χ1n) is 16.6. The van der Waals surface area contributed by atoms with Gasteiger partial charge >= 0.3 is 0 Å². The van der Waals surface area contributed by atoms with Crippen molar-refractivity contribution in [3.63, 3.8) is 0 Å². The second-order valence-corrected chi connectivity index (χ2v) is 14.0. The van der Waals surface area contributed by atoms with Crippen molar-refractivity contribution in [1.82, 2.24) is 14.4 Å². The van der Waals surface area contributed by atoms with Gasteiger partial charge in [0.15, 0.2) is 0 Å². The van der Waals surface area contributed by atoms with Gasteiger partial charge in [-0.05, 0) is 58.9 Å². The molecule has 0 unspecified atom stereocenters. The lowest BCUT2D eigenvalue weighted by atomic mass is 9.33. The molecule has 0 radical (unpaired) electrons. The maximum Gasteiger partial charge on any atom is 0.254 e. The molecule has 0 bridgehead atoms. The van der Waals surface area contributed by atoms with E-state index in [4.69, 9.17) is 9.97 Å². The van der Waals surface area contributed by atoms with Gasteiger partial charge < -0.3 is 14.2 Å². The van der Waals surface area contributed by atoms with Crippen LogP contribution in [0.15, 0.2) is 146 Å². The third-order valence-corrected chi connectivity index (χ3v) is 11.8. The minimum atomic E-state index is -0.00270. The number of thiophene rings is 1. The molecule has 0 aliphatic carbocycles. The number of rotatable bonds is 2. The minimum Gasteiger partial charge on any atom is -0.310 e. The third kappa shape index (κ3) is 3.21. The Bertz CT molecular complexity index is 2970. The van der Waals surface area contributed by atoms with Gasteiger partial charge in [0.2, 0.25) is 0 Å². The molecular formula is C42H24BN5S. The van der Waals surface area contributed by atoms with E-state index in [1.807, 2.05) is 6.20 Å². The van der Waals surface area contributed by atoms with Gasteiger partial charge in [0, 0.05) is 50.2 Å². The fraction of sp³-hybridized carbons (Fsp3) is 0. The molecular weight excluding hydrogens is 617 g/mol. The number of fused-ring (bicyclic) bond motifs is 12.